The molecule has 0 aliphatic heterocycles. The molecule has 0 radical (unpaired) electrons. The molecular weight excluding hydrogens is 717 g/mol. The molecule has 0 fully saturated rings. The summed E-state index contributed by atoms with van der Waals surface area (Å²) in [5, 5.41) is 7.95. The van der Waals surface area contributed by atoms with Gasteiger partial charge in [-0.1, -0.05) is 158 Å². The maximum absolute atomic E-state index is 9.76. The van der Waals surface area contributed by atoms with E-state index in [1.807, 2.05) is 89.8 Å². The van der Waals surface area contributed by atoms with Crippen molar-refractivity contribution in [1.29, 1.82) is 0 Å². The van der Waals surface area contributed by atoms with Gasteiger partial charge in [-0.05, 0) is 93.5 Å². The van der Waals surface area contributed by atoms with Gasteiger partial charge in [0.05, 0.1) is 33.3 Å². The average Bonchev–Trinajstić information content (AvgIpc) is 3.89. The summed E-state index contributed by atoms with van der Waals surface area (Å²) in [6.07, 6.45) is 0. The van der Waals surface area contributed by atoms with Crippen molar-refractivity contribution in [2.24, 2.45) is 0 Å². The molecule has 3 heteroatoms. The quantitative estimate of drug-likeness (QED) is 0.168. The van der Waals surface area contributed by atoms with E-state index in [0.29, 0.717) is 22.5 Å². The fraction of sp³-hybridized carbons (Fsp3) is 0. The van der Waals surface area contributed by atoms with Gasteiger partial charge in [-0.25, -0.2) is 0 Å². The van der Waals surface area contributed by atoms with Gasteiger partial charge in [0.25, 0.3) is 0 Å². The molecule has 276 valence electrons. The number of para-hydroxylation sites is 3. The van der Waals surface area contributed by atoms with Crippen LogP contribution in [0, 0.1) is 0 Å². The van der Waals surface area contributed by atoms with Gasteiger partial charge in [0.1, 0.15) is 11.2 Å². The third-order valence-electron chi connectivity index (χ3n) is 11.7. The fourth-order valence-corrected chi connectivity index (χ4v) is 8.99. The van der Waals surface area contributed by atoms with E-state index in [1.165, 1.54) is 10.8 Å². The summed E-state index contributed by atoms with van der Waals surface area (Å²) in [4.78, 5) is 1.88. The van der Waals surface area contributed by atoms with Gasteiger partial charge < -0.3 is 13.9 Å². The lowest BCUT2D eigenvalue weighted by Crippen LogP contribution is -2.10. The van der Waals surface area contributed by atoms with Crippen molar-refractivity contribution in [1.82, 2.24) is 4.57 Å². The lowest BCUT2D eigenvalue weighted by molar-refractivity contribution is 0.672. The predicted octanol–water partition coefficient (Wildman–Crippen LogP) is 15.8. The molecule has 12 rings (SSSR count). The van der Waals surface area contributed by atoms with Gasteiger partial charge in [0, 0.05) is 38.5 Å². The first-order chi connectivity index (χ1) is 31.0. The maximum Gasteiger partial charge on any atom is 0.143 e. The topological polar surface area (TPSA) is 21.3 Å². The fourth-order valence-electron chi connectivity index (χ4n) is 8.99. The van der Waals surface area contributed by atoms with E-state index in [-0.39, 0.29) is 35.4 Å². The predicted molar refractivity (Wildman–Crippen MR) is 249 cm³/mol. The molecule has 0 atom stereocenters. The van der Waals surface area contributed by atoms with Crippen LogP contribution in [0.5, 0.6) is 0 Å². The van der Waals surface area contributed by atoms with E-state index < -0.39 is 0 Å². The molecule has 0 bridgehead atoms. The monoisotopic (exact) mass is 756 g/mol. The van der Waals surface area contributed by atoms with Gasteiger partial charge in [-0.3, -0.25) is 0 Å². The molecule has 12 aromatic rings. The maximum atomic E-state index is 9.76. The second-order valence-corrected chi connectivity index (χ2v) is 14.9. The van der Waals surface area contributed by atoms with Crippen LogP contribution in [0.15, 0.2) is 223 Å². The molecule has 0 amide bonds. The molecule has 2 heterocycles. The summed E-state index contributed by atoms with van der Waals surface area (Å²) < 4.78 is 47.6. The lowest BCUT2D eigenvalue weighted by atomic mass is 9.98. The molecule has 3 nitrogen and oxygen atoms in total. The smallest absolute Gasteiger partial charge is 0.143 e. The molecule has 10 aromatic carbocycles. The minimum absolute atomic E-state index is 0.112. The highest BCUT2D eigenvalue weighted by atomic mass is 16.3. The third kappa shape index (κ3) is 5.29. The van der Waals surface area contributed by atoms with Crippen molar-refractivity contribution in [2.75, 3.05) is 4.90 Å². The Labute approximate surface area is 346 Å². The van der Waals surface area contributed by atoms with E-state index in [9.17, 15) is 5.48 Å². The Morgan fingerprint density at radius 3 is 1.76 bits per heavy atom. The normalized spacial score (nSPS) is 12.7. The van der Waals surface area contributed by atoms with E-state index in [4.69, 9.17) is 4.42 Å². The SMILES string of the molecule is [2H]c1c([2H])c(N(c2ccc(-c3ccccc3-n3c4ccccc4c4ccccc43)cc2)c2cccc3oc4c5ccccc5ccc4c23)c([2H])c([2H])c1-c1cccc2ccccc12. The Balaban J connectivity index is 1.09. The summed E-state index contributed by atoms with van der Waals surface area (Å²) in [6.45, 7) is 0. The molecule has 0 spiro atoms. The van der Waals surface area contributed by atoms with Gasteiger partial charge >= 0.3 is 0 Å². The lowest BCUT2D eigenvalue weighted by Gasteiger charge is -2.27. The molecule has 59 heavy (non-hydrogen) atoms. The zero-order valence-electron chi connectivity index (χ0n) is 35.8. The summed E-state index contributed by atoms with van der Waals surface area (Å²) in [7, 11) is 0. The van der Waals surface area contributed by atoms with Crippen molar-refractivity contribution in [2.45, 2.75) is 0 Å². The number of benzene rings is 10. The zero-order valence-corrected chi connectivity index (χ0v) is 31.8. The molecule has 0 aliphatic rings. The minimum Gasteiger partial charge on any atom is -0.455 e. The van der Waals surface area contributed by atoms with Crippen LogP contribution in [0.3, 0.4) is 0 Å². The van der Waals surface area contributed by atoms with Crippen molar-refractivity contribution in [3.63, 3.8) is 0 Å². The molecule has 2 aromatic heterocycles. The average molecular weight is 757 g/mol. The van der Waals surface area contributed by atoms with Crippen molar-refractivity contribution >= 4 is 82.4 Å². The van der Waals surface area contributed by atoms with E-state index >= 15 is 0 Å². The van der Waals surface area contributed by atoms with E-state index in [1.54, 1.807) is 0 Å². The number of anilines is 3. The number of nitrogens with zero attached hydrogens (tertiary/aromatic N) is 2. The molecule has 0 saturated carbocycles. The van der Waals surface area contributed by atoms with Gasteiger partial charge in [0.15, 0.2) is 0 Å². The molecule has 0 aliphatic carbocycles. The number of rotatable bonds is 6. The van der Waals surface area contributed by atoms with Gasteiger partial charge in [-0.2, -0.15) is 0 Å². The minimum atomic E-state index is -0.144. The highest BCUT2D eigenvalue weighted by Crippen LogP contribution is 2.45. The van der Waals surface area contributed by atoms with Crippen LogP contribution in [0.1, 0.15) is 5.48 Å². The number of hydrogen-bond donors (Lipinski definition) is 0. The summed E-state index contributed by atoms with van der Waals surface area (Å²) in [5.41, 5.74) is 9.15. The van der Waals surface area contributed by atoms with Crippen LogP contribution in [-0.4, -0.2) is 4.57 Å². The molecular formula is C56H36N2O. The van der Waals surface area contributed by atoms with Crippen LogP contribution >= 0.6 is 0 Å². The summed E-state index contributed by atoms with van der Waals surface area (Å²) in [5.74, 6) is 0. The van der Waals surface area contributed by atoms with E-state index in [2.05, 4.69) is 114 Å². The van der Waals surface area contributed by atoms with Crippen LogP contribution in [0.2, 0.25) is 0 Å². The van der Waals surface area contributed by atoms with Gasteiger partial charge in [0.2, 0.25) is 0 Å². The Kier molecular flexibility index (Phi) is 6.65. The number of fused-ring (bicyclic) bond motifs is 9. The van der Waals surface area contributed by atoms with Crippen LogP contribution in [0.4, 0.5) is 17.1 Å². The number of aromatic nitrogens is 1. The molecule has 0 unspecified atom stereocenters. The molecule has 0 saturated heterocycles. The van der Waals surface area contributed by atoms with Crippen molar-refractivity contribution in [3.05, 3.63) is 218 Å². The third-order valence-corrected chi connectivity index (χ3v) is 11.7. The second-order valence-electron chi connectivity index (χ2n) is 14.9. The van der Waals surface area contributed by atoms with Gasteiger partial charge in [-0.15, -0.1) is 0 Å². The second kappa shape index (κ2) is 13.4. The first kappa shape index (κ1) is 29.4. The van der Waals surface area contributed by atoms with Crippen molar-refractivity contribution in [3.8, 4) is 27.9 Å². The highest BCUT2D eigenvalue weighted by Gasteiger charge is 2.21. The van der Waals surface area contributed by atoms with Crippen LogP contribution < -0.4 is 4.90 Å². The zero-order chi connectivity index (χ0) is 42.3. The summed E-state index contributed by atoms with van der Waals surface area (Å²) in [6, 6.07) is 64.9. The Hall–Kier alpha value is -7.88. The summed E-state index contributed by atoms with van der Waals surface area (Å²) >= 11 is 0. The largest absolute Gasteiger partial charge is 0.455 e. The van der Waals surface area contributed by atoms with E-state index in [0.717, 1.165) is 65.7 Å². The molecule has 0 N–H and O–H groups in total. The first-order valence-corrected chi connectivity index (χ1v) is 19.9. The van der Waals surface area contributed by atoms with Crippen molar-refractivity contribution < 1.29 is 9.90 Å². The first-order valence-electron chi connectivity index (χ1n) is 21.9. The van der Waals surface area contributed by atoms with Crippen LogP contribution in [-0.2, 0) is 0 Å². The standard InChI is InChI=1S/C56H36N2O/c1-3-16-43-37(13-1)15-11-21-44(43)39-27-32-41(33-28-39)57(53-25-12-26-54-55(53)49-36-31-38-14-2-4-18-46(38)56(49)59-54)42-34-29-40(30-35-42)45-17-5-8-22-50(45)58-51-23-9-6-19-47(51)48-20-7-10-24-52(48)58/h1-36H/i27D,28D,32D,33D. The number of hydrogen-bond acceptors (Lipinski definition) is 2. The Bertz CT molecular complexity index is 3720. The van der Waals surface area contributed by atoms with Crippen LogP contribution in [0.25, 0.3) is 93.2 Å². The Morgan fingerprint density at radius 1 is 0.407 bits per heavy atom. The number of furan rings is 1. The highest BCUT2D eigenvalue weighted by molar-refractivity contribution is 6.19. The Morgan fingerprint density at radius 2 is 1.00 bits per heavy atom.